The van der Waals surface area contributed by atoms with Crippen molar-refractivity contribution in [2.45, 2.75) is 52.6 Å². The zero-order valence-corrected chi connectivity index (χ0v) is 21.0. The molecule has 1 N–H and O–H groups in total. The van der Waals surface area contributed by atoms with Gasteiger partial charge in [-0.3, -0.25) is 4.57 Å². The van der Waals surface area contributed by atoms with Gasteiger partial charge in [-0.05, 0) is 39.5 Å². The van der Waals surface area contributed by atoms with Gasteiger partial charge in [0, 0.05) is 12.0 Å². The lowest BCUT2D eigenvalue weighted by molar-refractivity contribution is -0.146. The molecular weight excluding hydrogens is 458 g/mol. The van der Waals surface area contributed by atoms with Gasteiger partial charge in [0.05, 0.1) is 13.7 Å². The molecule has 0 bridgehead atoms. The van der Waals surface area contributed by atoms with Crippen LogP contribution in [0.15, 0.2) is 53.3 Å². The van der Waals surface area contributed by atoms with Crippen molar-refractivity contribution in [1.82, 2.24) is 35.0 Å². The Morgan fingerprint density at radius 2 is 1.81 bits per heavy atom. The molecular formula is C26H31N7O3. The molecule has 2 aromatic carbocycles. The van der Waals surface area contributed by atoms with E-state index in [9.17, 15) is 9.59 Å². The van der Waals surface area contributed by atoms with Crippen molar-refractivity contribution in [2.24, 2.45) is 5.92 Å². The fraction of sp³-hybridized carbons (Fsp3) is 0.385. The second-order valence-electron chi connectivity index (χ2n) is 9.04. The summed E-state index contributed by atoms with van der Waals surface area (Å²) in [6, 6.07) is 15.2. The van der Waals surface area contributed by atoms with Crippen molar-refractivity contribution in [3.63, 3.8) is 0 Å². The Morgan fingerprint density at radius 1 is 1.08 bits per heavy atom. The third kappa shape index (κ3) is 5.12. The quantitative estimate of drug-likeness (QED) is 0.338. The summed E-state index contributed by atoms with van der Waals surface area (Å²) in [4.78, 5) is 25.9. The highest BCUT2D eigenvalue weighted by Gasteiger charge is 2.30. The van der Waals surface area contributed by atoms with Gasteiger partial charge in [0.15, 0.2) is 11.9 Å². The van der Waals surface area contributed by atoms with Crippen LogP contribution in [0, 0.1) is 5.92 Å². The van der Waals surface area contributed by atoms with Gasteiger partial charge in [0.25, 0.3) is 0 Å². The summed E-state index contributed by atoms with van der Waals surface area (Å²) in [6.45, 7) is 6.21. The van der Waals surface area contributed by atoms with Crippen molar-refractivity contribution < 1.29 is 9.53 Å². The minimum Gasteiger partial charge on any atom is -0.467 e. The maximum atomic E-state index is 13.4. The molecule has 0 saturated carbocycles. The molecule has 0 spiro atoms. The number of rotatable bonds is 10. The molecule has 1 atom stereocenters. The normalized spacial score (nSPS) is 12.1. The number of benzene rings is 2. The van der Waals surface area contributed by atoms with E-state index in [0.29, 0.717) is 24.6 Å². The highest BCUT2D eigenvalue weighted by atomic mass is 16.5. The van der Waals surface area contributed by atoms with Gasteiger partial charge in [-0.2, -0.15) is 9.78 Å². The predicted molar refractivity (Wildman–Crippen MR) is 135 cm³/mol. The zero-order chi connectivity index (χ0) is 25.7. The van der Waals surface area contributed by atoms with E-state index in [1.807, 2.05) is 62.4 Å². The number of aromatic nitrogens is 7. The standard InChI is InChI=1S/C26H31N7O3/c1-5-6-11-22-29-33(23(17(2)3)25(34)36-4)26(35)32(22)16-18-12-14-19(15-13-18)20-9-7-8-10-21(20)24-27-30-31-28-24/h7-10,12-15,17,23H,5-6,11,16H2,1-4H3,(H,27,28,30,31). The number of H-pyrrole nitrogens is 1. The molecule has 0 aliphatic carbocycles. The number of methoxy groups -OCH3 is 1. The monoisotopic (exact) mass is 489 g/mol. The van der Waals surface area contributed by atoms with E-state index in [1.54, 1.807) is 4.57 Å². The number of carbonyl (C=O) groups excluding carboxylic acids is 1. The minimum absolute atomic E-state index is 0.142. The number of ether oxygens (including phenoxy) is 1. The first-order valence-corrected chi connectivity index (χ1v) is 12.1. The molecule has 4 aromatic rings. The van der Waals surface area contributed by atoms with Crippen LogP contribution in [0.5, 0.6) is 0 Å². The summed E-state index contributed by atoms with van der Waals surface area (Å²) in [5.41, 5.74) is 3.55. The van der Waals surface area contributed by atoms with Crippen molar-refractivity contribution >= 4 is 5.97 Å². The summed E-state index contributed by atoms with van der Waals surface area (Å²) in [7, 11) is 1.33. The summed E-state index contributed by atoms with van der Waals surface area (Å²) in [6.07, 6.45) is 2.52. The number of unbranched alkanes of at least 4 members (excludes halogenated alkanes) is 1. The summed E-state index contributed by atoms with van der Waals surface area (Å²) < 4.78 is 7.91. The number of nitrogens with zero attached hydrogens (tertiary/aromatic N) is 6. The fourth-order valence-electron chi connectivity index (χ4n) is 4.28. The lowest BCUT2D eigenvalue weighted by Crippen LogP contribution is -2.35. The first-order valence-electron chi connectivity index (χ1n) is 12.1. The van der Waals surface area contributed by atoms with Crippen LogP contribution in [0.3, 0.4) is 0 Å². The second-order valence-corrected chi connectivity index (χ2v) is 9.04. The number of aryl methyl sites for hydroxylation is 1. The smallest absolute Gasteiger partial charge is 0.347 e. The van der Waals surface area contributed by atoms with E-state index in [2.05, 4.69) is 32.6 Å². The number of nitrogens with one attached hydrogen (secondary N) is 1. The number of hydrogen-bond donors (Lipinski definition) is 1. The fourth-order valence-corrected chi connectivity index (χ4v) is 4.28. The maximum absolute atomic E-state index is 13.4. The Balaban J connectivity index is 1.67. The zero-order valence-electron chi connectivity index (χ0n) is 21.0. The molecule has 0 fully saturated rings. The molecule has 4 rings (SSSR count). The second kappa shape index (κ2) is 11.1. The van der Waals surface area contributed by atoms with E-state index in [4.69, 9.17) is 4.74 Å². The highest BCUT2D eigenvalue weighted by Crippen LogP contribution is 2.29. The average Bonchev–Trinajstić information content (AvgIpc) is 3.53. The number of aromatic amines is 1. The Bertz CT molecular complexity index is 1360. The van der Waals surface area contributed by atoms with Crippen LogP contribution in [0.4, 0.5) is 0 Å². The summed E-state index contributed by atoms with van der Waals surface area (Å²) >= 11 is 0. The van der Waals surface area contributed by atoms with Crippen LogP contribution in [-0.2, 0) is 22.5 Å². The van der Waals surface area contributed by atoms with Gasteiger partial charge in [0.2, 0.25) is 0 Å². The van der Waals surface area contributed by atoms with Gasteiger partial charge >= 0.3 is 11.7 Å². The Labute approximate surface area is 209 Å². The van der Waals surface area contributed by atoms with Crippen LogP contribution in [-0.4, -0.2) is 48.1 Å². The van der Waals surface area contributed by atoms with Gasteiger partial charge in [-0.1, -0.05) is 75.7 Å². The molecule has 36 heavy (non-hydrogen) atoms. The largest absolute Gasteiger partial charge is 0.467 e. The lowest BCUT2D eigenvalue weighted by Gasteiger charge is -2.17. The molecule has 10 nitrogen and oxygen atoms in total. The number of carbonyl (C=O) groups is 1. The molecule has 0 aliphatic heterocycles. The summed E-state index contributed by atoms with van der Waals surface area (Å²) in [5, 5.41) is 18.8. The van der Waals surface area contributed by atoms with Crippen LogP contribution >= 0.6 is 0 Å². The molecule has 0 amide bonds. The highest BCUT2D eigenvalue weighted by molar-refractivity contribution is 5.80. The van der Waals surface area contributed by atoms with Gasteiger partial charge < -0.3 is 4.74 Å². The third-order valence-electron chi connectivity index (χ3n) is 6.19. The average molecular weight is 490 g/mol. The molecule has 1 unspecified atom stereocenters. The topological polar surface area (TPSA) is 121 Å². The number of hydrogen-bond acceptors (Lipinski definition) is 7. The van der Waals surface area contributed by atoms with Crippen LogP contribution < -0.4 is 5.69 Å². The lowest BCUT2D eigenvalue weighted by atomic mass is 9.98. The van der Waals surface area contributed by atoms with E-state index in [-0.39, 0.29) is 11.6 Å². The Kier molecular flexibility index (Phi) is 7.72. The van der Waals surface area contributed by atoms with Gasteiger partial charge in [0.1, 0.15) is 5.82 Å². The first-order chi connectivity index (χ1) is 17.4. The van der Waals surface area contributed by atoms with Crippen LogP contribution in [0.1, 0.15) is 51.0 Å². The molecule has 0 aliphatic rings. The van der Waals surface area contributed by atoms with Crippen LogP contribution in [0.25, 0.3) is 22.5 Å². The molecule has 188 valence electrons. The van der Waals surface area contributed by atoms with Crippen molar-refractivity contribution in [2.75, 3.05) is 7.11 Å². The maximum Gasteiger partial charge on any atom is 0.347 e. The van der Waals surface area contributed by atoms with Crippen LogP contribution in [0.2, 0.25) is 0 Å². The number of tetrazole rings is 1. The summed E-state index contributed by atoms with van der Waals surface area (Å²) in [5.74, 6) is 0.656. The Hall–Kier alpha value is -4.08. The van der Waals surface area contributed by atoms with Gasteiger partial charge in [-0.25, -0.2) is 14.7 Å². The predicted octanol–water partition coefficient (Wildman–Crippen LogP) is 3.65. The molecule has 10 heteroatoms. The van der Waals surface area contributed by atoms with E-state index >= 15 is 0 Å². The van der Waals surface area contributed by atoms with E-state index in [1.165, 1.54) is 11.8 Å². The third-order valence-corrected chi connectivity index (χ3v) is 6.19. The number of esters is 1. The van der Waals surface area contributed by atoms with Gasteiger partial charge in [-0.15, -0.1) is 5.10 Å². The minimum atomic E-state index is -0.770. The van der Waals surface area contributed by atoms with Crippen molar-refractivity contribution in [3.05, 3.63) is 70.4 Å². The van der Waals surface area contributed by atoms with E-state index in [0.717, 1.165) is 35.1 Å². The first kappa shape index (κ1) is 25.0. The molecule has 2 heterocycles. The molecule has 0 saturated heterocycles. The molecule has 2 aromatic heterocycles. The SMILES string of the molecule is CCCCc1nn(C(C(=O)OC)C(C)C)c(=O)n1Cc1ccc(-c2ccccc2-c2nnn[nH]2)cc1. The Morgan fingerprint density at radius 3 is 2.42 bits per heavy atom. The van der Waals surface area contributed by atoms with E-state index < -0.39 is 12.0 Å². The van der Waals surface area contributed by atoms with Crippen molar-refractivity contribution in [3.8, 4) is 22.5 Å². The molecule has 0 radical (unpaired) electrons. The van der Waals surface area contributed by atoms with Crippen molar-refractivity contribution in [1.29, 1.82) is 0 Å².